The van der Waals surface area contributed by atoms with E-state index in [9.17, 15) is 20.4 Å². The number of hydrogen-bond donors (Lipinski definition) is 4. The average molecular weight is 826 g/mol. The molecule has 7 unspecified atom stereocenters. The van der Waals surface area contributed by atoms with E-state index in [1.54, 1.807) is 0 Å². The van der Waals surface area contributed by atoms with Crippen LogP contribution in [-0.4, -0.2) is 119 Å². The third-order valence-electron chi connectivity index (χ3n) is 13.4. The van der Waals surface area contributed by atoms with Crippen molar-refractivity contribution in [3.8, 4) is 0 Å². The van der Waals surface area contributed by atoms with Crippen molar-refractivity contribution in [2.24, 2.45) is 17.8 Å². The minimum absolute atomic E-state index is 0.245. The molecule has 0 fully saturated rings. The predicted molar refractivity (Wildman–Crippen MR) is 254 cm³/mol. The van der Waals surface area contributed by atoms with Crippen molar-refractivity contribution in [3.05, 3.63) is 0 Å². The molecule has 4 N–H and O–H groups in total. The summed E-state index contributed by atoms with van der Waals surface area (Å²) in [5.41, 5.74) is 0. The summed E-state index contributed by atoms with van der Waals surface area (Å²) in [4.78, 5) is 6.95. The zero-order chi connectivity index (χ0) is 43.2. The number of rotatable bonds is 45. The predicted octanol–water partition coefficient (Wildman–Crippen LogP) is 11.9. The normalized spacial score (nSPS) is 16.0. The molecule has 0 rings (SSSR count). The van der Waals surface area contributed by atoms with Gasteiger partial charge in [-0.15, -0.1) is 0 Å². The van der Waals surface area contributed by atoms with Gasteiger partial charge in [0.1, 0.15) is 0 Å². The van der Waals surface area contributed by atoms with Crippen LogP contribution in [0.1, 0.15) is 228 Å². The topological polar surface area (TPSA) is 90.6 Å². The Hall–Kier alpha value is -0.280. The van der Waals surface area contributed by atoms with Crippen molar-refractivity contribution in [1.82, 2.24) is 14.7 Å². The van der Waals surface area contributed by atoms with Crippen LogP contribution in [0.2, 0.25) is 0 Å². The third-order valence-corrected chi connectivity index (χ3v) is 13.4. The van der Waals surface area contributed by atoms with E-state index in [4.69, 9.17) is 0 Å². The van der Waals surface area contributed by atoms with Crippen molar-refractivity contribution < 1.29 is 20.4 Å². The summed E-state index contributed by atoms with van der Waals surface area (Å²) in [6, 6.07) is 0. The molecule has 350 valence electrons. The quantitative estimate of drug-likeness (QED) is 0.0455. The highest BCUT2D eigenvalue weighted by Gasteiger charge is 2.24. The number of aliphatic hydroxyl groups excluding tert-OH is 4. The van der Waals surface area contributed by atoms with Gasteiger partial charge in [0.05, 0.1) is 24.4 Å². The van der Waals surface area contributed by atoms with Gasteiger partial charge in [0.2, 0.25) is 0 Å². The van der Waals surface area contributed by atoms with Gasteiger partial charge >= 0.3 is 0 Å². The van der Waals surface area contributed by atoms with Crippen LogP contribution in [0.4, 0.5) is 0 Å². The van der Waals surface area contributed by atoms with E-state index in [-0.39, 0.29) is 23.9 Å². The highest BCUT2D eigenvalue weighted by Crippen LogP contribution is 2.20. The molecule has 0 aliphatic rings. The van der Waals surface area contributed by atoms with Gasteiger partial charge in [-0.05, 0) is 50.5 Å². The number of aliphatic hydroxyl groups is 4. The molecule has 7 heteroatoms. The van der Waals surface area contributed by atoms with E-state index < -0.39 is 18.3 Å². The lowest BCUT2D eigenvalue weighted by atomic mass is 9.94. The maximum absolute atomic E-state index is 11.4. The van der Waals surface area contributed by atoms with Gasteiger partial charge in [0.15, 0.2) is 0 Å². The molecule has 0 heterocycles. The lowest BCUT2D eigenvalue weighted by Crippen LogP contribution is -2.46. The van der Waals surface area contributed by atoms with Crippen molar-refractivity contribution in [1.29, 1.82) is 0 Å². The first kappa shape index (κ1) is 57.7. The van der Waals surface area contributed by atoms with Crippen LogP contribution in [0.25, 0.3) is 0 Å². The average Bonchev–Trinajstić information content (AvgIpc) is 3.21. The van der Waals surface area contributed by atoms with E-state index in [1.165, 1.54) is 154 Å². The standard InChI is InChI=1S/C51H107N3O4/c1-9-13-16-19-22-25-28-31-34-45(5)49(56)42-53(41-48(55)12-4)39-37-52(8)38-40-54(43-50(57)46(6)35-32-29-26-23-20-17-14-10-2)44-51(58)47(7)36-33-30-27-24-21-18-15-11-3/h45-51,55-58H,9-44H2,1-8H3. The third kappa shape index (κ3) is 34.3. The smallest absolute Gasteiger partial charge is 0.0692 e. The lowest BCUT2D eigenvalue weighted by molar-refractivity contribution is 0.0209. The SMILES string of the molecule is CCCCCCCCCCC(C)C(O)CN(CCN(C)CCN(CC(O)C(C)CCCCCCCCCC)CC(O)C(C)CCCCCCCCCC)CC(O)CC. The fraction of sp³-hybridized carbons (Fsp3) is 1.00. The van der Waals surface area contributed by atoms with E-state index in [2.05, 4.69) is 63.3 Å². The number of hydrogen-bond acceptors (Lipinski definition) is 7. The Morgan fingerprint density at radius 1 is 0.345 bits per heavy atom. The molecule has 0 aromatic rings. The summed E-state index contributed by atoms with van der Waals surface area (Å²) < 4.78 is 0. The summed E-state index contributed by atoms with van der Waals surface area (Å²) in [6.07, 6.45) is 33.7. The zero-order valence-electron chi connectivity index (χ0n) is 40.6. The Morgan fingerprint density at radius 2 is 0.603 bits per heavy atom. The molecule has 0 aliphatic heterocycles. The number of nitrogens with zero attached hydrogens (tertiary/aromatic N) is 3. The molecule has 0 aliphatic carbocycles. The Bertz CT molecular complexity index is 802. The van der Waals surface area contributed by atoms with E-state index in [1.807, 2.05) is 6.92 Å². The molecule has 0 bridgehead atoms. The van der Waals surface area contributed by atoms with Crippen molar-refractivity contribution >= 4 is 0 Å². The molecule has 7 atom stereocenters. The summed E-state index contributed by atoms with van der Waals surface area (Å²) in [5.74, 6) is 0.742. The Morgan fingerprint density at radius 3 is 0.879 bits per heavy atom. The molecular formula is C51H107N3O4. The van der Waals surface area contributed by atoms with Gasteiger partial charge in [-0.3, -0.25) is 9.80 Å². The van der Waals surface area contributed by atoms with Gasteiger partial charge in [-0.1, -0.05) is 203 Å². The molecule has 0 aromatic carbocycles. The van der Waals surface area contributed by atoms with Crippen LogP contribution in [0.5, 0.6) is 0 Å². The first-order valence-corrected chi connectivity index (χ1v) is 25.8. The van der Waals surface area contributed by atoms with Gasteiger partial charge in [0, 0.05) is 52.4 Å². The van der Waals surface area contributed by atoms with Crippen LogP contribution in [0, 0.1) is 17.8 Å². The monoisotopic (exact) mass is 826 g/mol. The highest BCUT2D eigenvalue weighted by atomic mass is 16.3. The fourth-order valence-electron chi connectivity index (χ4n) is 8.39. The van der Waals surface area contributed by atoms with Gasteiger partial charge < -0.3 is 25.3 Å². The molecule has 0 saturated heterocycles. The Kier molecular flexibility index (Phi) is 40.6. The molecule has 0 aromatic heterocycles. The lowest BCUT2D eigenvalue weighted by Gasteiger charge is -2.33. The van der Waals surface area contributed by atoms with Crippen LogP contribution >= 0.6 is 0 Å². The molecule has 0 saturated carbocycles. The highest BCUT2D eigenvalue weighted by molar-refractivity contribution is 4.78. The first-order valence-electron chi connectivity index (χ1n) is 25.8. The summed E-state index contributed by atoms with van der Waals surface area (Å²) in [7, 11) is 2.16. The van der Waals surface area contributed by atoms with Crippen molar-refractivity contribution in [2.75, 3.05) is 59.4 Å². The van der Waals surface area contributed by atoms with Gasteiger partial charge in [-0.2, -0.15) is 0 Å². The van der Waals surface area contributed by atoms with Crippen LogP contribution in [0.15, 0.2) is 0 Å². The molecule has 0 radical (unpaired) electrons. The minimum Gasteiger partial charge on any atom is -0.392 e. The van der Waals surface area contributed by atoms with Gasteiger partial charge in [0.25, 0.3) is 0 Å². The zero-order valence-corrected chi connectivity index (χ0v) is 40.6. The summed E-state index contributed by atoms with van der Waals surface area (Å²) in [6.45, 7) is 21.1. The van der Waals surface area contributed by atoms with Gasteiger partial charge in [-0.25, -0.2) is 0 Å². The molecule has 0 spiro atoms. The number of likely N-dealkylation sites (N-methyl/N-ethyl adjacent to an activating group) is 1. The van der Waals surface area contributed by atoms with E-state index in [0.29, 0.717) is 32.6 Å². The largest absolute Gasteiger partial charge is 0.392 e. The van der Waals surface area contributed by atoms with Crippen LogP contribution in [0.3, 0.4) is 0 Å². The van der Waals surface area contributed by atoms with Crippen molar-refractivity contribution in [2.45, 2.75) is 253 Å². The molecular weight excluding hydrogens is 719 g/mol. The fourth-order valence-corrected chi connectivity index (χ4v) is 8.39. The van der Waals surface area contributed by atoms with E-state index in [0.717, 1.165) is 45.4 Å². The summed E-state index contributed by atoms with van der Waals surface area (Å²) >= 11 is 0. The van der Waals surface area contributed by atoms with Crippen LogP contribution < -0.4 is 0 Å². The maximum atomic E-state index is 11.4. The minimum atomic E-state index is -0.398. The molecule has 0 amide bonds. The van der Waals surface area contributed by atoms with Crippen molar-refractivity contribution in [3.63, 3.8) is 0 Å². The second-order valence-electron chi connectivity index (χ2n) is 19.3. The molecule has 58 heavy (non-hydrogen) atoms. The first-order chi connectivity index (χ1) is 28.0. The Balaban J connectivity index is 5.16. The van der Waals surface area contributed by atoms with Crippen LogP contribution in [-0.2, 0) is 0 Å². The maximum Gasteiger partial charge on any atom is 0.0692 e. The van der Waals surface area contributed by atoms with E-state index >= 15 is 0 Å². The number of unbranched alkanes of at least 4 members (excludes halogenated alkanes) is 21. The Labute approximate surface area is 363 Å². The second kappa shape index (κ2) is 40.8. The molecule has 7 nitrogen and oxygen atoms in total. The summed E-state index contributed by atoms with van der Waals surface area (Å²) in [5, 5.41) is 44.7. The second-order valence-corrected chi connectivity index (χ2v) is 19.3.